The fourth-order valence-electron chi connectivity index (χ4n) is 2.71. The molecule has 0 aliphatic carbocycles. The van der Waals surface area contributed by atoms with Gasteiger partial charge in [-0.25, -0.2) is 0 Å². The van der Waals surface area contributed by atoms with E-state index >= 15 is 0 Å². The van der Waals surface area contributed by atoms with Crippen molar-refractivity contribution >= 4 is 51.0 Å². The lowest BCUT2D eigenvalue weighted by molar-refractivity contribution is -0.642. The van der Waals surface area contributed by atoms with Gasteiger partial charge in [-0.2, -0.15) is 0 Å². The fourth-order valence-corrected chi connectivity index (χ4v) is 4.26. The van der Waals surface area contributed by atoms with Crippen molar-refractivity contribution in [2.45, 2.75) is 0 Å². The third-order valence-electron chi connectivity index (χ3n) is 4.07. The van der Waals surface area contributed by atoms with Crippen LogP contribution in [0.15, 0.2) is 72.8 Å². The number of nitro benzene ring substituents is 1. The van der Waals surface area contributed by atoms with Crippen LogP contribution >= 0.6 is 34.5 Å². The summed E-state index contributed by atoms with van der Waals surface area (Å²) >= 11 is 13.9. The maximum absolute atomic E-state index is 10.8. The SMILES string of the molecule is O=[N+]([O-])c1ccc(Nc2n[n+](-c3ccccc3)c(-c3ccc(Cl)cc3Cl)s2)cc1.[Cl-]. The van der Waals surface area contributed by atoms with E-state index in [9.17, 15) is 10.1 Å². The second-order valence-electron chi connectivity index (χ2n) is 6.01. The summed E-state index contributed by atoms with van der Waals surface area (Å²) in [5.74, 6) is 0. The topological polar surface area (TPSA) is 71.9 Å². The second-order valence-corrected chi connectivity index (χ2v) is 7.83. The Hall–Kier alpha value is -2.71. The van der Waals surface area contributed by atoms with Gasteiger partial charge in [0.1, 0.15) is 0 Å². The molecule has 10 heteroatoms. The number of aromatic nitrogens is 2. The van der Waals surface area contributed by atoms with Crippen molar-refractivity contribution in [2.75, 3.05) is 5.32 Å². The van der Waals surface area contributed by atoms with E-state index in [0.29, 0.717) is 20.9 Å². The van der Waals surface area contributed by atoms with Crippen LogP contribution in [0.25, 0.3) is 16.3 Å². The Morgan fingerprint density at radius 1 is 1.00 bits per heavy atom. The molecular weight excluding hydrogens is 467 g/mol. The van der Waals surface area contributed by atoms with Crippen LogP contribution in [0.1, 0.15) is 0 Å². The molecule has 1 N–H and O–H groups in total. The maximum atomic E-state index is 10.8. The third kappa shape index (κ3) is 4.71. The summed E-state index contributed by atoms with van der Waals surface area (Å²) in [6.07, 6.45) is 0. The summed E-state index contributed by atoms with van der Waals surface area (Å²) in [6, 6.07) is 21.2. The highest BCUT2D eigenvalue weighted by molar-refractivity contribution is 7.18. The van der Waals surface area contributed by atoms with Crippen molar-refractivity contribution in [2.24, 2.45) is 0 Å². The van der Waals surface area contributed by atoms with Crippen molar-refractivity contribution in [3.63, 3.8) is 0 Å². The summed E-state index contributed by atoms with van der Waals surface area (Å²) < 4.78 is 1.80. The molecule has 0 aliphatic heterocycles. The van der Waals surface area contributed by atoms with E-state index in [2.05, 4.69) is 10.4 Å². The van der Waals surface area contributed by atoms with Crippen LogP contribution in [0, 0.1) is 10.1 Å². The molecule has 0 amide bonds. The minimum Gasteiger partial charge on any atom is -1.00 e. The molecule has 152 valence electrons. The summed E-state index contributed by atoms with van der Waals surface area (Å²) in [6.45, 7) is 0. The highest BCUT2D eigenvalue weighted by atomic mass is 35.5. The van der Waals surface area contributed by atoms with Gasteiger partial charge in [-0.05, 0) is 46.4 Å². The highest BCUT2D eigenvalue weighted by Gasteiger charge is 2.26. The number of halogens is 3. The van der Waals surface area contributed by atoms with E-state index in [0.717, 1.165) is 16.3 Å². The van der Waals surface area contributed by atoms with Gasteiger partial charge in [0.25, 0.3) is 10.8 Å². The Kier molecular flexibility index (Phi) is 6.89. The van der Waals surface area contributed by atoms with Crippen LogP contribution in [0.4, 0.5) is 16.5 Å². The van der Waals surface area contributed by atoms with Crippen LogP contribution in [-0.4, -0.2) is 10.0 Å². The minimum absolute atomic E-state index is 0. The van der Waals surface area contributed by atoms with Gasteiger partial charge < -0.3 is 17.7 Å². The van der Waals surface area contributed by atoms with Gasteiger partial charge in [-0.3, -0.25) is 10.1 Å². The van der Waals surface area contributed by atoms with E-state index in [4.69, 9.17) is 23.2 Å². The average molecular weight is 480 g/mol. The molecule has 3 aromatic carbocycles. The van der Waals surface area contributed by atoms with Crippen molar-refractivity contribution in [3.8, 4) is 16.3 Å². The van der Waals surface area contributed by atoms with Gasteiger partial charge in [-0.15, -0.1) is 0 Å². The number of hydrogen-bond donors (Lipinski definition) is 1. The molecule has 1 aromatic heterocycles. The molecule has 0 atom stereocenters. The van der Waals surface area contributed by atoms with Gasteiger partial charge in [0.05, 0.1) is 15.5 Å². The maximum Gasteiger partial charge on any atom is 0.306 e. The number of nitro groups is 1. The normalized spacial score (nSPS) is 10.3. The van der Waals surface area contributed by atoms with E-state index in [1.54, 1.807) is 28.9 Å². The molecule has 0 unspecified atom stereocenters. The van der Waals surface area contributed by atoms with Crippen LogP contribution < -0.4 is 22.4 Å². The molecule has 0 spiro atoms. The molecule has 0 fully saturated rings. The zero-order valence-corrected chi connectivity index (χ0v) is 18.2. The lowest BCUT2D eigenvalue weighted by Crippen LogP contribution is -3.00. The highest BCUT2D eigenvalue weighted by Crippen LogP contribution is 2.34. The van der Waals surface area contributed by atoms with E-state index in [-0.39, 0.29) is 18.1 Å². The van der Waals surface area contributed by atoms with Crippen LogP contribution in [-0.2, 0) is 0 Å². The van der Waals surface area contributed by atoms with Crippen molar-refractivity contribution < 1.29 is 22.0 Å². The van der Waals surface area contributed by atoms with Gasteiger partial charge in [0, 0.05) is 40.1 Å². The summed E-state index contributed by atoms with van der Waals surface area (Å²) in [5.41, 5.74) is 2.40. The Bertz CT molecular complexity index is 1180. The summed E-state index contributed by atoms with van der Waals surface area (Å²) in [7, 11) is 0. The number of anilines is 2. The summed E-state index contributed by atoms with van der Waals surface area (Å²) in [5, 5.41) is 21.2. The molecule has 4 aromatic rings. The Morgan fingerprint density at radius 3 is 2.33 bits per heavy atom. The van der Waals surface area contributed by atoms with E-state index in [1.807, 2.05) is 36.4 Å². The zero-order valence-electron chi connectivity index (χ0n) is 15.1. The molecule has 1 heterocycles. The van der Waals surface area contributed by atoms with Crippen LogP contribution in [0.5, 0.6) is 0 Å². The molecule has 4 rings (SSSR count). The minimum atomic E-state index is -0.433. The monoisotopic (exact) mass is 478 g/mol. The first-order chi connectivity index (χ1) is 14.0. The third-order valence-corrected chi connectivity index (χ3v) is 5.58. The molecule has 0 saturated carbocycles. The molecular formula is C20H13Cl3N4O2S. The number of rotatable bonds is 5. The number of para-hydroxylation sites is 1. The van der Waals surface area contributed by atoms with Crippen molar-refractivity contribution in [3.05, 3.63) is 93.0 Å². The Morgan fingerprint density at radius 2 is 1.70 bits per heavy atom. The Balaban J connectivity index is 0.00000256. The van der Waals surface area contributed by atoms with Gasteiger partial charge in [0.2, 0.25) is 5.69 Å². The largest absolute Gasteiger partial charge is 1.00 e. The number of benzene rings is 3. The average Bonchev–Trinajstić information content (AvgIpc) is 3.12. The molecule has 6 nitrogen and oxygen atoms in total. The molecule has 30 heavy (non-hydrogen) atoms. The molecule has 0 aliphatic rings. The first kappa shape index (κ1) is 22.0. The van der Waals surface area contributed by atoms with E-state index < -0.39 is 4.92 Å². The number of non-ortho nitro benzene ring substituents is 1. The number of nitrogens with one attached hydrogen (secondary N) is 1. The summed E-state index contributed by atoms with van der Waals surface area (Å²) in [4.78, 5) is 10.4. The quantitative estimate of drug-likeness (QED) is 0.271. The fraction of sp³-hybridized carbons (Fsp3) is 0. The molecule has 0 bridgehead atoms. The van der Waals surface area contributed by atoms with Crippen LogP contribution in [0.2, 0.25) is 10.0 Å². The lowest BCUT2D eigenvalue weighted by atomic mass is 10.2. The number of nitrogens with zero attached hydrogens (tertiary/aromatic N) is 3. The zero-order chi connectivity index (χ0) is 20.4. The molecule has 0 radical (unpaired) electrons. The van der Waals surface area contributed by atoms with Gasteiger partial charge in [0.15, 0.2) is 0 Å². The van der Waals surface area contributed by atoms with E-state index in [1.165, 1.54) is 23.5 Å². The lowest BCUT2D eigenvalue weighted by Gasteiger charge is -1.99. The van der Waals surface area contributed by atoms with Crippen molar-refractivity contribution in [1.29, 1.82) is 0 Å². The first-order valence-corrected chi connectivity index (χ1v) is 10.0. The number of hydrogen-bond acceptors (Lipinski definition) is 5. The smallest absolute Gasteiger partial charge is 0.306 e. The van der Waals surface area contributed by atoms with Crippen LogP contribution in [0.3, 0.4) is 0 Å². The Labute approximate surface area is 192 Å². The van der Waals surface area contributed by atoms with Gasteiger partial charge >= 0.3 is 5.01 Å². The first-order valence-electron chi connectivity index (χ1n) is 8.47. The molecule has 0 saturated heterocycles. The van der Waals surface area contributed by atoms with Crippen molar-refractivity contribution in [1.82, 2.24) is 5.10 Å². The predicted molar refractivity (Wildman–Crippen MR) is 115 cm³/mol. The predicted octanol–water partition coefficient (Wildman–Crippen LogP) is 3.05. The second kappa shape index (κ2) is 9.40. The standard InChI is InChI=1S/C20H13Cl2N4O2S.ClH/c21-13-6-11-17(18(22)12-13)19-25(15-4-2-1-3-5-15)24-20(29-19)23-14-7-9-16(10-8-14)26(27)28;/h1-12H,(H,23,24);1H/q+1;/p-1. The van der Waals surface area contributed by atoms with Gasteiger partial charge in [-0.1, -0.05) is 41.4 Å².